The van der Waals surface area contributed by atoms with E-state index in [-0.39, 0.29) is 0 Å². The van der Waals surface area contributed by atoms with Gasteiger partial charge in [-0.15, -0.1) is 0 Å². The van der Waals surface area contributed by atoms with Crippen LogP contribution in [-0.4, -0.2) is 0 Å². The summed E-state index contributed by atoms with van der Waals surface area (Å²) in [6, 6.07) is 0. The van der Waals surface area contributed by atoms with Crippen LogP contribution < -0.4 is 0 Å². The quantitative estimate of drug-likeness (QED) is 0.314. The van der Waals surface area contributed by atoms with Crippen molar-refractivity contribution in [1.82, 2.24) is 0 Å². The summed E-state index contributed by atoms with van der Waals surface area (Å²) in [5, 5.41) is 0. The Labute approximate surface area is 76.0 Å². The summed E-state index contributed by atoms with van der Waals surface area (Å²) in [6.45, 7) is 5.65. The van der Waals surface area contributed by atoms with Gasteiger partial charge in [-0.25, -0.2) is 0 Å². The van der Waals surface area contributed by atoms with Gasteiger partial charge in [0.2, 0.25) is 0 Å². The highest BCUT2D eigenvalue weighted by Gasteiger charge is 1.77. The van der Waals surface area contributed by atoms with Crippen molar-refractivity contribution in [2.45, 2.75) is 26.2 Å². The molecule has 0 unspecified atom stereocenters. The summed E-state index contributed by atoms with van der Waals surface area (Å²) in [6.07, 6.45) is 17.9. The lowest BCUT2D eigenvalue weighted by Gasteiger charge is -1.87. The third kappa shape index (κ3) is 8.96. The average Bonchev–Trinajstić information content (AvgIpc) is 2.10. The monoisotopic (exact) mass is 162 g/mol. The minimum absolute atomic E-state index is 1.16. The predicted molar refractivity (Wildman–Crippen MR) is 57.1 cm³/mol. The van der Waals surface area contributed by atoms with Crippen molar-refractivity contribution in [2.75, 3.05) is 0 Å². The minimum Gasteiger partial charge on any atom is -0.0991 e. The summed E-state index contributed by atoms with van der Waals surface area (Å²) >= 11 is 0. The first-order valence-corrected chi connectivity index (χ1v) is 4.47. The molecule has 0 aliphatic rings. The van der Waals surface area contributed by atoms with Crippen molar-refractivity contribution in [3.8, 4) is 0 Å². The average molecular weight is 162 g/mol. The smallest absolute Gasteiger partial charge is 0.0345 e. The number of hydrogen-bond acceptors (Lipinski definition) is 0. The molecule has 0 aromatic rings. The molecule has 0 aromatic heterocycles. The molecule has 0 radical (unpaired) electrons. The van der Waals surface area contributed by atoms with Crippen molar-refractivity contribution >= 4 is 0 Å². The zero-order valence-corrected chi connectivity index (χ0v) is 7.87. The van der Waals surface area contributed by atoms with Crippen molar-refractivity contribution in [1.29, 1.82) is 0 Å². The van der Waals surface area contributed by atoms with E-state index in [4.69, 9.17) is 0 Å². The molecular formula is C12H18. The molecule has 0 nitrogen and oxygen atoms in total. The Hall–Kier alpha value is -1.04. The standard InChI is InChI=1S/C12H18/c1-3-5-7-9-11-12-10-8-6-4-2/h3-7,9,11H,1,8,10,12H2,2H3. The second-order valence-corrected chi connectivity index (χ2v) is 2.55. The first-order valence-electron chi connectivity index (χ1n) is 4.47. The molecule has 0 spiro atoms. The zero-order valence-electron chi connectivity index (χ0n) is 7.87. The Kier molecular flexibility index (Phi) is 9.10. The van der Waals surface area contributed by atoms with Crippen LogP contribution in [0.1, 0.15) is 26.2 Å². The van der Waals surface area contributed by atoms with Gasteiger partial charge in [0.15, 0.2) is 0 Å². The summed E-state index contributed by atoms with van der Waals surface area (Å²) < 4.78 is 0. The van der Waals surface area contributed by atoms with E-state index in [9.17, 15) is 0 Å². The van der Waals surface area contributed by atoms with E-state index in [0.29, 0.717) is 0 Å². The maximum Gasteiger partial charge on any atom is -0.0345 e. The lowest BCUT2D eigenvalue weighted by Crippen LogP contribution is -1.67. The Balaban J connectivity index is 3.24. The third-order valence-corrected chi connectivity index (χ3v) is 1.47. The van der Waals surface area contributed by atoms with Gasteiger partial charge >= 0.3 is 0 Å². The van der Waals surface area contributed by atoms with Crippen molar-refractivity contribution in [3.63, 3.8) is 0 Å². The van der Waals surface area contributed by atoms with Gasteiger partial charge in [-0.3, -0.25) is 0 Å². The molecule has 0 saturated heterocycles. The molecule has 0 fully saturated rings. The van der Waals surface area contributed by atoms with E-state index in [1.54, 1.807) is 6.08 Å². The maximum atomic E-state index is 3.59. The van der Waals surface area contributed by atoms with Crippen molar-refractivity contribution in [3.05, 3.63) is 49.1 Å². The number of unbranched alkanes of at least 4 members (excludes halogenated alkanes) is 2. The molecule has 0 rings (SSSR count). The van der Waals surface area contributed by atoms with Crippen LogP contribution in [0.3, 0.4) is 0 Å². The molecule has 0 aliphatic carbocycles. The van der Waals surface area contributed by atoms with E-state index in [0.717, 1.165) is 6.42 Å². The lowest BCUT2D eigenvalue weighted by atomic mass is 10.2. The van der Waals surface area contributed by atoms with Crippen LogP contribution in [0, 0.1) is 0 Å². The van der Waals surface area contributed by atoms with Gasteiger partial charge in [-0.1, -0.05) is 49.1 Å². The first-order chi connectivity index (χ1) is 5.91. The molecule has 0 bridgehead atoms. The molecule has 0 aromatic carbocycles. The van der Waals surface area contributed by atoms with Gasteiger partial charge in [0.1, 0.15) is 0 Å². The van der Waals surface area contributed by atoms with Crippen molar-refractivity contribution in [2.24, 2.45) is 0 Å². The van der Waals surface area contributed by atoms with Crippen LogP contribution in [0.2, 0.25) is 0 Å². The fourth-order valence-corrected chi connectivity index (χ4v) is 0.838. The molecule has 66 valence electrons. The minimum atomic E-state index is 1.16. The topological polar surface area (TPSA) is 0 Å². The van der Waals surface area contributed by atoms with Crippen LogP contribution in [0.15, 0.2) is 49.1 Å². The van der Waals surface area contributed by atoms with Gasteiger partial charge in [0.25, 0.3) is 0 Å². The second kappa shape index (κ2) is 9.96. The van der Waals surface area contributed by atoms with E-state index in [1.807, 2.05) is 12.2 Å². The molecule has 0 heterocycles. The van der Waals surface area contributed by atoms with Gasteiger partial charge in [0, 0.05) is 0 Å². The van der Waals surface area contributed by atoms with E-state index in [2.05, 4.69) is 37.8 Å². The highest BCUT2D eigenvalue weighted by Crippen LogP contribution is 1.97. The number of allylic oxidation sites excluding steroid dienone is 7. The molecule has 0 N–H and O–H groups in total. The molecule has 0 atom stereocenters. The van der Waals surface area contributed by atoms with Crippen LogP contribution in [-0.2, 0) is 0 Å². The number of hydrogen-bond donors (Lipinski definition) is 0. The summed E-state index contributed by atoms with van der Waals surface area (Å²) in [5.74, 6) is 0. The van der Waals surface area contributed by atoms with E-state index >= 15 is 0 Å². The van der Waals surface area contributed by atoms with Crippen LogP contribution in [0.4, 0.5) is 0 Å². The fraction of sp³-hybridized carbons (Fsp3) is 0.333. The SMILES string of the molecule is C=CC=CC=CCCCC=CC. The highest BCUT2D eigenvalue weighted by molar-refractivity contribution is 5.08. The van der Waals surface area contributed by atoms with Gasteiger partial charge < -0.3 is 0 Å². The van der Waals surface area contributed by atoms with E-state index in [1.165, 1.54) is 12.8 Å². The second-order valence-electron chi connectivity index (χ2n) is 2.55. The first kappa shape index (κ1) is 11.0. The molecule has 0 saturated carbocycles. The van der Waals surface area contributed by atoms with Gasteiger partial charge in [0.05, 0.1) is 0 Å². The lowest BCUT2D eigenvalue weighted by molar-refractivity contribution is 0.867. The largest absolute Gasteiger partial charge is 0.0991 e. The summed E-state index contributed by atoms with van der Waals surface area (Å²) in [5.41, 5.74) is 0. The predicted octanol–water partition coefficient (Wildman–Crippen LogP) is 4.03. The third-order valence-electron chi connectivity index (χ3n) is 1.47. The van der Waals surface area contributed by atoms with Crippen LogP contribution in [0.5, 0.6) is 0 Å². The fourth-order valence-electron chi connectivity index (χ4n) is 0.838. The Morgan fingerprint density at radius 2 is 1.75 bits per heavy atom. The Morgan fingerprint density at radius 3 is 2.42 bits per heavy atom. The molecule has 0 heteroatoms. The molecule has 12 heavy (non-hydrogen) atoms. The molecule has 0 aliphatic heterocycles. The number of rotatable bonds is 6. The van der Waals surface area contributed by atoms with E-state index < -0.39 is 0 Å². The van der Waals surface area contributed by atoms with Crippen molar-refractivity contribution < 1.29 is 0 Å². The summed E-state index contributed by atoms with van der Waals surface area (Å²) in [7, 11) is 0. The Morgan fingerprint density at radius 1 is 1.00 bits per heavy atom. The molecule has 0 amide bonds. The zero-order chi connectivity index (χ0) is 9.07. The molecular weight excluding hydrogens is 144 g/mol. The van der Waals surface area contributed by atoms with Crippen LogP contribution in [0.25, 0.3) is 0 Å². The maximum absolute atomic E-state index is 3.59. The Bertz CT molecular complexity index is 170. The van der Waals surface area contributed by atoms with Crippen LogP contribution >= 0.6 is 0 Å². The summed E-state index contributed by atoms with van der Waals surface area (Å²) in [4.78, 5) is 0. The van der Waals surface area contributed by atoms with Gasteiger partial charge in [-0.2, -0.15) is 0 Å². The van der Waals surface area contributed by atoms with Gasteiger partial charge in [-0.05, 0) is 26.2 Å². The highest BCUT2D eigenvalue weighted by atomic mass is 13.8. The normalized spacial score (nSPS) is 12.1.